The highest BCUT2D eigenvalue weighted by Crippen LogP contribution is 2.32. The number of rotatable bonds is 3. The van der Waals surface area contributed by atoms with Gasteiger partial charge in [-0.3, -0.25) is 9.59 Å². The third-order valence-corrected chi connectivity index (χ3v) is 3.68. The maximum Gasteiger partial charge on any atom is 0.306 e. The fourth-order valence-corrected chi connectivity index (χ4v) is 2.44. The van der Waals surface area contributed by atoms with E-state index in [2.05, 4.69) is 5.32 Å². The van der Waals surface area contributed by atoms with Gasteiger partial charge >= 0.3 is 5.97 Å². The summed E-state index contributed by atoms with van der Waals surface area (Å²) in [4.78, 5) is 22.3. The SMILES string of the molecule is O=C(O)C1CC(NC(=O)C2(O)CCCC2)C1. The van der Waals surface area contributed by atoms with Gasteiger partial charge in [0, 0.05) is 6.04 Å². The van der Waals surface area contributed by atoms with E-state index in [1.54, 1.807) is 0 Å². The molecule has 5 nitrogen and oxygen atoms in total. The molecule has 0 aromatic rings. The van der Waals surface area contributed by atoms with E-state index in [0.29, 0.717) is 25.7 Å². The Morgan fingerprint density at radius 3 is 2.25 bits per heavy atom. The van der Waals surface area contributed by atoms with Gasteiger partial charge in [-0.25, -0.2) is 0 Å². The van der Waals surface area contributed by atoms with E-state index in [4.69, 9.17) is 5.11 Å². The van der Waals surface area contributed by atoms with Gasteiger partial charge in [0.25, 0.3) is 5.91 Å². The van der Waals surface area contributed by atoms with Crippen LogP contribution in [0.4, 0.5) is 0 Å². The lowest BCUT2D eigenvalue weighted by molar-refractivity contribution is -0.148. The number of hydrogen-bond acceptors (Lipinski definition) is 3. The van der Waals surface area contributed by atoms with E-state index in [1.807, 2.05) is 0 Å². The second-order valence-electron chi connectivity index (χ2n) is 4.92. The fourth-order valence-electron chi connectivity index (χ4n) is 2.44. The molecular weight excluding hydrogens is 210 g/mol. The number of carbonyl (C=O) groups excluding carboxylic acids is 1. The van der Waals surface area contributed by atoms with E-state index in [9.17, 15) is 14.7 Å². The largest absolute Gasteiger partial charge is 0.481 e. The van der Waals surface area contributed by atoms with Crippen LogP contribution in [0.15, 0.2) is 0 Å². The Morgan fingerprint density at radius 1 is 1.19 bits per heavy atom. The number of hydrogen-bond donors (Lipinski definition) is 3. The average Bonchev–Trinajstić information content (AvgIpc) is 2.58. The topological polar surface area (TPSA) is 86.6 Å². The Kier molecular flexibility index (Phi) is 2.88. The molecule has 0 atom stereocenters. The second kappa shape index (κ2) is 4.05. The maximum atomic E-state index is 11.7. The zero-order valence-electron chi connectivity index (χ0n) is 9.11. The van der Waals surface area contributed by atoms with Crippen molar-refractivity contribution < 1.29 is 19.8 Å². The normalized spacial score (nSPS) is 31.8. The minimum absolute atomic E-state index is 0.0711. The molecule has 0 heterocycles. The third-order valence-electron chi connectivity index (χ3n) is 3.68. The monoisotopic (exact) mass is 227 g/mol. The van der Waals surface area contributed by atoms with Crippen LogP contribution >= 0.6 is 0 Å². The van der Waals surface area contributed by atoms with Gasteiger partial charge in [-0.15, -0.1) is 0 Å². The predicted molar refractivity (Wildman–Crippen MR) is 55.7 cm³/mol. The summed E-state index contributed by atoms with van der Waals surface area (Å²) >= 11 is 0. The Labute approximate surface area is 93.8 Å². The van der Waals surface area contributed by atoms with Crippen molar-refractivity contribution in [1.29, 1.82) is 0 Å². The molecule has 0 aromatic heterocycles. The molecule has 2 fully saturated rings. The van der Waals surface area contributed by atoms with Crippen molar-refractivity contribution in [3.05, 3.63) is 0 Å². The van der Waals surface area contributed by atoms with E-state index in [0.717, 1.165) is 12.8 Å². The van der Waals surface area contributed by atoms with Crippen LogP contribution in [-0.4, -0.2) is 33.7 Å². The van der Waals surface area contributed by atoms with E-state index < -0.39 is 11.6 Å². The van der Waals surface area contributed by atoms with Crippen LogP contribution < -0.4 is 5.32 Å². The summed E-state index contributed by atoms with van der Waals surface area (Å²) in [5.74, 6) is -1.45. The fraction of sp³-hybridized carbons (Fsp3) is 0.818. The summed E-state index contributed by atoms with van der Waals surface area (Å²) in [6.07, 6.45) is 3.77. The summed E-state index contributed by atoms with van der Waals surface area (Å²) in [5, 5.41) is 21.4. The molecule has 5 heteroatoms. The van der Waals surface area contributed by atoms with Crippen molar-refractivity contribution >= 4 is 11.9 Å². The Bertz CT molecular complexity index is 303. The molecule has 2 aliphatic carbocycles. The number of aliphatic hydroxyl groups is 1. The number of nitrogens with one attached hydrogen (secondary N) is 1. The molecule has 3 N–H and O–H groups in total. The molecule has 16 heavy (non-hydrogen) atoms. The highest BCUT2D eigenvalue weighted by atomic mass is 16.4. The lowest BCUT2D eigenvalue weighted by Gasteiger charge is -2.35. The van der Waals surface area contributed by atoms with Crippen LogP contribution in [0.2, 0.25) is 0 Å². The minimum atomic E-state index is -1.20. The van der Waals surface area contributed by atoms with Gasteiger partial charge in [-0.2, -0.15) is 0 Å². The van der Waals surface area contributed by atoms with Crippen LogP contribution in [0.3, 0.4) is 0 Å². The predicted octanol–water partition coefficient (Wildman–Crippen LogP) is 0.271. The lowest BCUT2D eigenvalue weighted by Crippen LogP contribution is -2.53. The van der Waals surface area contributed by atoms with Crippen LogP contribution in [0.5, 0.6) is 0 Å². The zero-order valence-corrected chi connectivity index (χ0v) is 9.11. The number of carboxylic acid groups (broad SMARTS) is 1. The summed E-state index contributed by atoms with van der Waals surface area (Å²) < 4.78 is 0. The molecule has 0 spiro atoms. The molecule has 0 radical (unpaired) electrons. The lowest BCUT2D eigenvalue weighted by atomic mass is 9.80. The van der Waals surface area contributed by atoms with Crippen molar-refractivity contribution in [2.45, 2.75) is 50.2 Å². The van der Waals surface area contributed by atoms with Crippen LogP contribution in [-0.2, 0) is 9.59 Å². The van der Waals surface area contributed by atoms with E-state index in [1.165, 1.54) is 0 Å². The van der Waals surface area contributed by atoms with Gasteiger partial charge in [0.05, 0.1) is 5.92 Å². The molecule has 2 saturated carbocycles. The minimum Gasteiger partial charge on any atom is -0.481 e. The first-order valence-electron chi connectivity index (χ1n) is 5.77. The first-order chi connectivity index (χ1) is 7.51. The van der Waals surface area contributed by atoms with E-state index in [-0.39, 0.29) is 17.9 Å². The van der Waals surface area contributed by atoms with Crippen molar-refractivity contribution in [2.75, 3.05) is 0 Å². The van der Waals surface area contributed by atoms with Crippen molar-refractivity contribution in [1.82, 2.24) is 5.32 Å². The highest BCUT2D eigenvalue weighted by Gasteiger charge is 2.42. The first-order valence-corrected chi connectivity index (χ1v) is 5.77. The molecule has 2 rings (SSSR count). The summed E-state index contributed by atoms with van der Waals surface area (Å²) in [7, 11) is 0. The van der Waals surface area contributed by atoms with Gasteiger partial charge in [0.15, 0.2) is 0 Å². The Balaban J connectivity index is 1.79. The quantitative estimate of drug-likeness (QED) is 0.646. The molecule has 90 valence electrons. The van der Waals surface area contributed by atoms with Crippen LogP contribution in [0.25, 0.3) is 0 Å². The third kappa shape index (κ3) is 2.04. The van der Waals surface area contributed by atoms with Crippen molar-refractivity contribution in [2.24, 2.45) is 5.92 Å². The molecule has 0 unspecified atom stereocenters. The van der Waals surface area contributed by atoms with Gasteiger partial charge in [0.2, 0.25) is 0 Å². The van der Waals surface area contributed by atoms with Gasteiger partial charge in [0.1, 0.15) is 5.60 Å². The first kappa shape index (κ1) is 11.4. The smallest absolute Gasteiger partial charge is 0.306 e. The molecule has 0 aromatic carbocycles. The molecule has 0 aliphatic heterocycles. The van der Waals surface area contributed by atoms with Crippen LogP contribution in [0, 0.1) is 5.92 Å². The summed E-state index contributed by atoms with van der Waals surface area (Å²) in [6.45, 7) is 0. The van der Waals surface area contributed by atoms with Crippen LogP contribution in [0.1, 0.15) is 38.5 Å². The molecule has 2 aliphatic rings. The summed E-state index contributed by atoms with van der Waals surface area (Å²) in [5.41, 5.74) is -1.20. The van der Waals surface area contributed by atoms with Gasteiger partial charge in [-0.1, -0.05) is 0 Å². The zero-order chi connectivity index (χ0) is 11.8. The number of aliphatic carboxylic acids is 1. The van der Waals surface area contributed by atoms with Gasteiger partial charge < -0.3 is 15.5 Å². The number of amides is 1. The average molecular weight is 227 g/mol. The molecule has 0 saturated heterocycles. The Morgan fingerprint density at radius 2 is 1.75 bits per heavy atom. The number of carbonyl (C=O) groups is 2. The highest BCUT2D eigenvalue weighted by molar-refractivity contribution is 5.85. The summed E-state index contributed by atoms with van der Waals surface area (Å²) in [6, 6.07) is -0.0711. The second-order valence-corrected chi connectivity index (χ2v) is 4.92. The van der Waals surface area contributed by atoms with Gasteiger partial charge in [-0.05, 0) is 38.5 Å². The maximum absolute atomic E-state index is 11.7. The van der Waals surface area contributed by atoms with Crippen molar-refractivity contribution in [3.63, 3.8) is 0 Å². The number of carboxylic acids is 1. The van der Waals surface area contributed by atoms with Crippen molar-refractivity contribution in [3.8, 4) is 0 Å². The standard InChI is InChI=1S/C11H17NO4/c13-9(14)7-5-8(6-7)12-10(15)11(16)3-1-2-4-11/h7-8,16H,1-6H2,(H,12,15)(H,13,14). The molecular formula is C11H17NO4. The Hall–Kier alpha value is -1.10. The molecule has 1 amide bonds. The van der Waals surface area contributed by atoms with E-state index >= 15 is 0 Å². The molecule has 0 bridgehead atoms.